The Kier molecular flexibility index (Phi) is 4.39. The van der Waals surface area contributed by atoms with E-state index in [1.807, 2.05) is 12.1 Å². The van der Waals surface area contributed by atoms with Gasteiger partial charge in [0.05, 0.1) is 22.3 Å². The largest absolute Gasteiger partial charge is 0.223 e. The predicted molar refractivity (Wildman–Crippen MR) is 95.1 cm³/mol. The van der Waals surface area contributed by atoms with E-state index >= 15 is 0 Å². The summed E-state index contributed by atoms with van der Waals surface area (Å²) in [5.74, 6) is 0. The molecule has 0 aliphatic heterocycles. The third-order valence-electron chi connectivity index (χ3n) is 4.31. The predicted octanol–water partition coefficient (Wildman–Crippen LogP) is 4.00. The summed E-state index contributed by atoms with van der Waals surface area (Å²) in [6, 6.07) is 18.8. The first kappa shape index (κ1) is 17.2. The van der Waals surface area contributed by atoms with E-state index in [-0.39, 0.29) is 11.3 Å². The van der Waals surface area contributed by atoms with E-state index in [0.29, 0.717) is 16.2 Å². The number of hydrogen-bond donors (Lipinski definition) is 0. The van der Waals surface area contributed by atoms with Crippen molar-refractivity contribution >= 4 is 27.0 Å². The van der Waals surface area contributed by atoms with Gasteiger partial charge in [-0.25, -0.2) is 8.42 Å². The number of nitriles is 2. The van der Waals surface area contributed by atoms with Gasteiger partial charge in [-0.3, -0.25) is 0 Å². The van der Waals surface area contributed by atoms with Gasteiger partial charge in [-0.15, -0.1) is 0 Å². The number of halogens is 1. The number of rotatable bonds is 3. The monoisotopic (exact) mass is 368 g/mol. The van der Waals surface area contributed by atoms with Crippen LogP contribution in [0.15, 0.2) is 65.6 Å². The summed E-state index contributed by atoms with van der Waals surface area (Å²) >= 11 is 6.01. The van der Waals surface area contributed by atoms with Gasteiger partial charge in [-0.1, -0.05) is 48.0 Å². The van der Waals surface area contributed by atoms with Gasteiger partial charge in [-0.05, 0) is 35.4 Å². The molecule has 1 unspecified atom stereocenters. The lowest BCUT2D eigenvalue weighted by Gasteiger charge is -2.17. The van der Waals surface area contributed by atoms with Gasteiger partial charge < -0.3 is 0 Å². The molecule has 4 nitrogen and oxygen atoms in total. The number of nitrogens with zero attached hydrogens (tertiary/aromatic N) is 2. The number of hydrogen-bond acceptors (Lipinski definition) is 4. The van der Waals surface area contributed by atoms with Crippen molar-refractivity contribution in [2.75, 3.05) is 0 Å². The zero-order valence-corrected chi connectivity index (χ0v) is 14.6. The van der Waals surface area contributed by atoms with Crippen LogP contribution >= 0.6 is 11.6 Å². The molecule has 6 heteroatoms. The smallest absolute Gasteiger partial charge is 0.184 e. The maximum atomic E-state index is 12.9. The normalized spacial score (nSPS) is 18.8. The Morgan fingerprint density at radius 2 is 1.72 bits per heavy atom. The summed E-state index contributed by atoms with van der Waals surface area (Å²) in [5.41, 5.74) is -0.539. The third kappa shape index (κ3) is 2.93. The van der Waals surface area contributed by atoms with Gasteiger partial charge in [0.15, 0.2) is 15.3 Å². The molecule has 0 heterocycles. The molecule has 1 aliphatic carbocycles. The van der Waals surface area contributed by atoms with E-state index in [9.17, 15) is 18.9 Å². The van der Waals surface area contributed by atoms with Crippen molar-refractivity contribution in [3.8, 4) is 12.1 Å². The van der Waals surface area contributed by atoms with Crippen LogP contribution in [0.25, 0.3) is 5.57 Å². The second kappa shape index (κ2) is 6.37. The molecule has 0 saturated carbocycles. The van der Waals surface area contributed by atoms with Gasteiger partial charge in [0, 0.05) is 11.4 Å². The lowest BCUT2D eigenvalue weighted by Crippen LogP contribution is -2.23. The minimum Gasteiger partial charge on any atom is -0.223 e. The quantitative estimate of drug-likeness (QED) is 0.819. The van der Waals surface area contributed by atoms with Crippen molar-refractivity contribution < 1.29 is 8.42 Å². The summed E-state index contributed by atoms with van der Waals surface area (Å²) in [6.07, 6.45) is 1.42. The molecule has 1 aliphatic rings. The minimum absolute atomic E-state index is 0.0981. The Labute approximate surface area is 151 Å². The molecule has 0 radical (unpaired) electrons. The Hall–Kier alpha value is -2.60. The van der Waals surface area contributed by atoms with Crippen LogP contribution in [-0.2, 0) is 9.84 Å². The summed E-state index contributed by atoms with van der Waals surface area (Å²) in [4.78, 5) is 0.174. The zero-order chi connectivity index (χ0) is 18.1. The fourth-order valence-corrected chi connectivity index (χ4v) is 4.88. The number of allylic oxidation sites excluding steroid dienone is 1. The molecular weight excluding hydrogens is 356 g/mol. The van der Waals surface area contributed by atoms with Crippen molar-refractivity contribution in [1.29, 1.82) is 10.5 Å². The van der Waals surface area contributed by atoms with Crippen LogP contribution in [0, 0.1) is 28.1 Å². The van der Waals surface area contributed by atoms with Gasteiger partial charge in [0.1, 0.15) is 0 Å². The molecule has 0 aromatic heterocycles. The Bertz CT molecular complexity index is 1020. The Morgan fingerprint density at radius 3 is 2.32 bits per heavy atom. The molecular formula is C19H13ClN2O2S. The first-order valence-electron chi connectivity index (χ1n) is 7.53. The van der Waals surface area contributed by atoms with Crippen molar-refractivity contribution in [2.45, 2.75) is 16.6 Å². The maximum absolute atomic E-state index is 12.9. The highest BCUT2D eigenvalue weighted by Gasteiger charge is 2.47. The highest BCUT2D eigenvalue weighted by Crippen LogP contribution is 2.47. The van der Waals surface area contributed by atoms with Crippen molar-refractivity contribution in [3.05, 3.63) is 71.3 Å². The van der Waals surface area contributed by atoms with E-state index in [1.165, 1.54) is 18.2 Å². The van der Waals surface area contributed by atoms with Crippen molar-refractivity contribution in [3.63, 3.8) is 0 Å². The molecule has 1 atom stereocenters. The van der Waals surface area contributed by atoms with Gasteiger partial charge in [0.25, 0.3) is 0 Å². The lowest BCUT2D eigenvalue weighted by atomic mass is 9.81. The van der Waals surface area contributed by atoms with Crippen molar-refractivity contribution in [2.24, 2.45) is 5.41 Å². The minimum atomic E-state index is -3.69. The van der Waals surface area contributed by atoms with Crippen LogP contribution in [0.3, 0.4) is 0 Å². The third-order valence-corrected chi connectivity index (χ3v) is 6.57. The average molecular weight is 369 g/mol. The molecule has 0 amide bonds. The molecule has 3 rings (SSSR count). The summed E-state index contributed by atoms with van der Waals surface area (Å²) in [7, 11) is -3.69. The SMILES string of the molecule is N#CC1(C#N)CC(S(=O)(=O)c2ccccc2)C=C1c1cccc(Cl)c1. The molecule has 0 N–H and O–H groups in total. The fraction of sp³-hybridized carbons (Fsp3) is 0.158. The second-order valence-electron chi connectivity index (χ2n) is 5.82. The fourth-order valence-electron chi connectivity index (χ4n) is 3.02. The van der Waals surface area contributed by atoms with Crippen LogP contribution in [0.5, 0.6) is 0 Å². The molecule has 124 valence electrons. The van der Waals surface area contributed by atoms with E-state index in [1.54, 1.807) is 42.5 Å². The molecule has 2 aromatic rings. The second-order valence-corrected chi connectivity index (χ2v) is 8.42. The topological polar surface area (TPSA) is 81.7 Å². The highest BCUT2D eigenvalue weighted by atomic mass is 35.5. The summed E-state index contributed by atoms with van der Waals surface area (Å²) in [5, 5.41) is 18.8. The Morgan fingerprint density at radius 1 is 1.04 bits per heavy atom. The molecule has 2 aromatic carbocycles. The van der Waals surface area contributed by atoms with Gasteiger partial charge >= 0.3 is 0 Å². The molecule has 0 bridgehead atoms. The van der Waals surface area contributed by atoms with Crippen LogP contribution in [-0.4, -0.2) is 13.7 Å². The Balaban J connectivity index is 2.14. The average Bonchev–Trinajstić information content (AvgIpc) is 3.04. The molecule has 0 spiro atoms. The van der Waals surface area contributed by atoms with Gasteiger partial charge in [0.2, 0.25) is 0 Å². The zero-order valence-electron chi connectivity index (χ0n) is 13.1. The van der Waals surface area contributed by atoms with E-state index in [2.05, 4.69) is 0 Å². The lowest BCUT2D eigenvalue weighted by molar-refractivity contribution is 0.572. The first-order chi connectivity index (χ1) is 11.9. The van der Waals surface area contributed by atoms with E-state index < -0.39 is 20.5 Å². The number of sulfone groups is 1. The molecule has 0 saturated heterocycles. The van der Waals surface area contributed by atoms with Crippen LogP contribution in [0.1, 0.15) is 12.0 Å². The van der Waals surface area contributed by atoms with Crippen molar-refractivity contribution in [1.82, 2.24) is 0 Å². The highest BCUT2D eigenvalue weighted by molar-refractivity contribution is 7.92. The summed E-state index contributed by atoms with van der Waals surface area (Å²) in [6.45, 7) is 0. The number of benzene rings is 2. The van der Waals surface area contributed by atoms with Crippen LogP contribution in [0.4, 0.5) is 0 Å². The van der Waals surface area contributed by atoms with E-state index in [0.717, 1.165) is 0 Å². The standard InChI is InChI=1S/C19H13ClN2O2S/c20-15-6-4-5-14(9-15)18-10-17(11-19(18,12-21)13-22)25(23,24)16-7-2-1-3-8-16/h1-10,17H,11H2. The van der Waals surface area contributed by atoms with Gasteiger partial charge in [-0.2, -0.15) is 10.5 Å². The molecule has 0 fully saturated rings. The van der Waals surface area contributed by atoms with Crippen LogP contribution in [0.2, 0.25) is 5.02 Å². The molecule has 25 heavy (non-hydrogen) atoms. The maximum Gasteiger partial charge on any atom is 0.184 e. The summed E-state index contributed by atoms with van der Waals surface area (Å²) < 4.78 is 25.8. The van der Waals surface area contributed by atoms with E-state index in [4.69, 9.17) is 11.6 Å². The first-order valence-corrected chi connectivity index (χ1v) is 9.45. The van der Waals surface area contributed by atoms with Crippen LogP contribution < -0.4 is 0 Å².